The maximum absolute atomic E-state index is 13.1. The number of carbonyl (C=O) groups excluding carboxylic acids is 1. The number of fused-ring (bicyclic) bond motifs is 1. The maximum Gasteiger partial charge on any atom is 0.290 e. The number of benzene rings is 2. The number of furan rings is 1. The van der Waals surface area contributed by atoms with Crippen molar-refractivity contribution in [2.75, 3.05) is 19.7 Å². The number of ether oxygens (including phenoxy) is 1. The summed E-state index contributed by atoms with van der Waals surface area (Å²) in [6.07, 6.45) is -0.261. The van der Waals surface area contributed by atoms with Gasteiger partial charge in [0.1, 0.15) is 17.5 Å². The second-order valence-electron chi connectivity index (χ2n) is 6.21. The summed E-state index contributed by atoms with van der Waals surface area (Å²) in [5.41, 5.74) is 2.43. The van der Waals surface area contributed by atoms with Crippen LogP contribution < -0.4 is 0 Å². The largest absolute Gasteiger partial charge is 0.451 e. The first-order chi connectivity index (χ1) is 12.1. The van der Waals surface area contributed by atoms with Crippen LogP contribution in [0.2, 0.25) is 0 Å². The fourth-order valence-corrected chi connectivity index (χ4v) is 3.23. The van der Waals surface area contributed by atoms with Crippen molar-refractivity contribution in [1.29, 1.82) is 0 Å². The zero-order valence-electron chi connectivity index (χ0n) is 13.9. The van der Waals surface area contributed by atoms with Gasteiger partial charge in [0.05, 0.1) is 13.2 Å². The highest BCUT2D eigenvalue weighted by Gasteiger charge is 2.29. The summed E-state index contributed by atoms with van der Waals surface area (Å²) in [6.45, 7) is 3.26. The summed E-state index contributed by atoms with van der Waals surface area (Å²) < 4.78 is 24.7. The average Bonchev–Trinajstić information content (AvgIpc) is 2.99. The normalized spacial score (nSPS) is 17.8. The fraction of sp³-hybridized carbons (Fsp3) is 0.250. The summed E-state index contributed by atoms with van der Waals surface area (Å²) in [4.78, 5) is 14.7. The lowest BCUT2D eigenvalue weighted by Crippen LogP contribution is -2.42. The maximum atomic E-state index is 13.1. The van der Waals surface area contributed by atoms with Gasteiger partial charge in [-0.2, -0.15) is 0 Å². The van der Waals surface area contributed by atoms with Crippen molar-refractivity contribution in [1.82, 2.24) is 4.90 Å². The van der Waals surface area contributed by atoms with Crippen LogP contribution in [-0.4, -0.2) is 30.5 Å². The molecule has 5 heteroatoms. The highest BCUT2D eigenvalue weighted by molar-refractivity contribution is 5.99. The number of amides is 1. The van der Waals surface area contributed by atoms with Crippen molar-refractivity contribution in [3.05, 3.63) is 71.2 Å². The first kappa shape index (κ1) is 15.8. The predicted molar refractivity (Wildman–Crippen MR) is 91.9 cm³/mol. The molecule has 1 unspecified atom stereocenters. The molecule has 1 aliphatic heterocycles. The molecule has 25 heavy (non-hydrogen) atoms. The lowest BCUT2D eigenvalue weighted by atomic mass is 10.1. The molecule has 0 bridgehead atoms. The van der Waals surface area contributed by atoms with Crippen molar-refractivity contribution in [2.45, 2.75) is 13.0 Å². The number of aryl methyl sites for hydroxylation is 1. The lowest BCUT2D eigenvalue weighted by Gasteiger charge is -2.32. The second-order valence-corrected chi connectivity index (χ2v) is 6.21. The number of nitrogens with zero attached hydrogens (tertiary/aromatic N) is 1. The van der Waals surface area contributed by atoms with Crippen LogP contribution in [0.3, 0.4) is 0 Å². The van der Waals surface area contributed by atoms with Crippen molar-refractivity contribution in [3.63, 3.8) is 0 Å². The van der Waals surface area contributed by atoms with Crippen molar-refractivity contribution in [3.8, 4) is 0 Å². The van der Waals surface area contributed by atoms with Crippen LogP contribution in [0.4, 0.5) is 4.39 Å². The van der Waals surface area contributed by atoms with Crippen LogP contribution in [-0.2, 0) is 4.74 Å². The Hall–Kier alpha value is -2.66. The van der Waals surface area contributed by atoms with Gasteiger partial charge in [0.2, 0.25) is 0 Å². The number of hydrogen-bond acceptors (Lipinski definition) is 3. The second kappa shape index (κ2) is 6.33. The molecule has 0 saturated carbocycles. The first-order valence-corrected chi connectivity index (χ1v) is 8.28. The van der Waals surface area contributed by atoms with Crippen molar-refractivity contribution >= 4 is 16.9 Å². The van der Waals surface area contributed by atoms with E-state index in [1.165, 1.54) is 12.1 Å². The molecule has 0 radical (unpaired) electrons. The molecule has 1 atom stereocenters. The van der Waals surface area contributed by atoms with Gasteiger partial charge in [-0.3, -0.25) is 4.79 Å². The number of rotatable bonds is 2. The van der Waals surface area contributed by atoms with E-state index in [9.17, 15) is 9.18 Å². The molecular formula is C20H18FNO3. The number of para-hydroxylation sites is 1. The van der Waals surface area contributed by atoms with Gasteiger partial charge in [-0.1, -0.05) is 30.3 Å². The van der Waals surface area contributed by atoms with Crippen LogP contribution in [0.25, 0.3) is 11.0 Å². The van der Waals surface area contributed by atoms with E-state index >= 15 is 0 Å². The minimum atomic E-state index is -0.287. The Morgan fingerprint density at radius 1 is 1.16 bits per heavy atom. The minimum absolute atomic E-state index is 0.135. The Morgan fingerprint density at radius 3 is 2.68 bits per heavy atom. The molecule has 1 fully saturated rings. The molecule has 2 heterocycles. The smallest absolute Gasteiger partial charge is 0.290 e. The molecule has 3 aromatic rings. The third-order valence-corrected chi connectivity index (χ3v) is 4.63. The lowest BCUT2D eigenvalue weighted by molar-refractivity contribution is -0.0237. The Morgan fingerprint density at radius 2 is 1.92 bits per heavy atom. The van der Waals surface area contributed by atoms with Gasteiger partial charge in [-0.25, -0.2) is 4.39 Å². The summed E-state index contributed by atoms with van der Waals surface area (Å²) >= 11 is 0. The van der Waals surface area contributed by atoms with Gasteiger partial charge < -0.3 is 14.1 Å². The number of halogens is 1. The first-order valence-electron chi connectivity index (χ1n) is 8.28. The van der Waals surface area contributed by atoms with E-state index in [2.05, 4.69) is 0 Å². The van der Waals surface area contributed by atoms with E-state index < -0.39 is 0 Å². The third kappa shape index (κ3) is 2.91. The van der Waals surface area contributed by atoms with E-state index in [0.717, 1.165) is 16.5 Å². The Balaban J connectivity index is 1.59. The van der Waals surface area contributed by atoms with Gasteiger partial charge in [0.15, 0.2) is 5.76 Å². The van der Waals surface area contributed by atoms with Crippen LogP contribution in [0.15, 0.2) is 52.9 Å². The number of hydrogen-bond donors (Lipinski definition) is 0. The zero-order chi connectivity index (χ0) is 17.4. The average molecular weight is 339 g/mol. The van der Waals surface area contributed by atoms with Crippen LogP contribution in [0, 0.1) is 12.7 Å². The highest BCUT2D eigenvalue weighted by Crippen LogP contribution is 2.28. The molecule has 128 valence electrons. The summed E-state index contributed by atoms with van der Waals surface area (Å²) in [6, 6.07) is 13.8. The minimum Gasteiger partial charge on any atom is -0.451 e. The molecule has 2 aromatic carbocycles. The number of morpholine rings is 1. The molecule has 0 N–H and O–H groups in total. The standard InChI is InChI=1S/C20H18FNO3/c1-13-16-4-2-3-5-17(16)25-19(13)20(23)22-10-11-24-18(12-22)14-6-8-15(21)9-7-14/h2-9,18H,10-12H2,1H3. The molecule has 4 nitrogen and oxygen atoms in total. The molecule has 1 saturated heterocycles. The SMILES string of the molecule is Cc1c(C(=O)N2CCOC(c3ccc(F)cc3)C2)oc2ccccc12. The van der Waals surface area contributed by atoms with E-state index in [1.807, 2.05) is 31.2 Å². The van der Waals surface area contributed by atoms with Gasteiger partial charge in [-0.05, 0) is 30.7 Å². The Labute approximate surface area is 144 Å². The van der Waals surface area contributed by atoms with E-state index in [1.54, 1.807) is 17.0 Å². The van der Waals surface area contributed by atoms with Crippen LogP contribution in [0.1, 0.15) is 27.8 Å². The molecule has 1 aliphatic rings. The topological polar surface area (TPSA) is 42.7 Å². The van der Waals surface area contributed by atoms with E-state index in [0.29, 0.717) is 31.0 Å². The highest BCUT2D eigenvalue weighted by atomic mass is 19.1. The molecule has 1 aromatic heterocycles. The summed E-state index contributed by atoms with van der Waals surface area (Å²) in [5, 5.41) is 0.953. The van der Waals surface area contributed by atoms with Crippen LogP contribution in [0.5, 0.6) is 0 Å². The third-order valence-electron chi connectivity index (χ3n) is 4.63. The van der Waals surface area contributed by atoms with Gasteiger partial charge >= 0.3 is 0 Å². The predicted octanol–water partition coefficient (Wildman–Crippen LogP) is 4.09. The molecule has 1 amide bonds. The van der Waals surface area contributed by atoms with Gasteiger partial charge in [-0.15, -0.1) is 0 Å². The quantitative estimate of drug-likeness (QED) is 0.706. The summed E-state index contributed by atoms with van der Waals surface area (Å²) in [7, 11) is 0. The van der Waals surface area contributed by atoms with Crippen LogP contribution >= 0.6 is 0 Å². The Bertz CT molecular complexity index is 916. The molecule has 0 aliphatic carbocycles. The molecule has 0 spiro atoms. The van der Waals surface area contributed by atoms with E-state index in [-0.39, 0.29) is 17.8 Å². The fourth-order valence-electron chi connectivity index (χ4n) is 3.23. The van der Waals surface area contributed by atoms with Crippen molar-refractivity contribution < 1.29 is 18.3 Å². The monoisotopic (exact) mass is 339 g/mol. The van der Waals surface area contributed by atoms with Gasteiger partial charge in [0.25, 0.3) is 5.91 Å². The molecular weight excluding hydrogens is 321 g/mol. The summed E-state index contributed by atoms with van der Waals surface area (Å²) in [5.74, 6) is -0.0459. The van der Waals surface area contributed by atoms with Crippen molar-refractivity contribution in [2.24, 2.45) is 0 Å². The molecule has 4 rings (SSSR count). The zero-order valence-corrected chi connectivity index (χ0v) is 13.9. The van der Waals surface area contributed by atoms with E-state index in [4.69, 9.17) is 9.15 Å². The number of carbonyl (C=O) groups is 1. The Kier molecular flexibility index (Phi) is 4.01. The van der Waals surface area contributed by atoms with Gasteiger partial charge in [0, 0.05) is 17.5 Å².